The molecule has 0 aliphatic heterocycles. The van der Waals surface area contributed by atoms with Crippen LogP contribution >= 0.6 is 0 Å². The highest BCUT2D eigenvalue weighted by atomic mass is 16.5. The molecular weight excluding hydrogens is 380 g/mol. The summed E-state index contributed by atoms with van der Waals surface area (Å²) < 4.78 is 8.72. The molecule has 3 heterocycles. The molecule has 0 fully saturated rings. The van der Waals surface area contributed by atoms with Crippen molar-refractivity contribution in [2.45, 2.75) is 20.0 Å². The third kappa shape index (κ3) is 4.08. The van der Waals surface area contributed by atoms with E-state index in [1.807, 2.05) is 12.4 Å². The fourth-order valence-electron chi connectivity index (χ4n) is 3.43. The number of aromatic nitrogens is 5. The summed E-state index contributed by atoms with van der Waals surface area (Å²) in [5.74, 6) is 0.363. The number of ether oxygens (including phenoxy) is 1. The number of carbonyl (C=O) groups excluding carboxylic acids is 1. The van der Waals surface area contributed by atoms with Crippen LogP contribution in [0.25, 0.3) is 17.0 Å². The second kappa shape index (κ2) is 8.46. The van der Waals surface area contributed by atoms with Crippen LogP contribution in [0.1, 0.15) is 28.4 Å². The maximum Gasteiger partial charge on any atom is 0.343 e. The molecule has 0 amide bonds. The van der Waals surface area contributed by atoms with E-state index in [1.165, 1.54) is 17.3 Å². The summed E-state index contributed by atoms with van der Waals surface area (Å²) in [4.78, 5) is 23.1. The third-order valence-electron chi connectivity index (χ3n) is 4.67. The second-order valence-corrected chi connectivity index (χ2v) is 7.33. The number of esters is 1. The maximum absolute atomic E-state index is 12.0. The van der Waals surface area contributed by atoms with E-state index in [9.17, 15) is 4.79 Å². The molecule has 4 aromatic rings. The van der Waals surface area contributed by atoms with Crippen LogP contribution in [0, 0.1) is 0 Å². The molecule has 0 N–H and O–H groups in total. The van der Waals surface area contributed by atoms with Crippen molar-refractivity contribution in [2.75, 3.05) is 20.7 Å². The van der Waals surface area contributed by atoms with Gasteiger partial charge in [-0.25, -0.2) is 19.3 Å². The molecule has 0 atom stereocenters. The van der Waals surface area contributed by atoms with E-state index in [1.54, 1.807) is 23.8 Å². The number of imidazole rings is 1. The van der Waals surface area contributed by atoms with Gasteiger partial charge in [0, 0.05) is 37.9 Å². The number of carbonyl (C=O) groups is 1. The Bertz CT molecular complexity index is 1180. The van der Waals surface area contributed by atoms with Crippen molar-refractivity contribution in [3.8, 4) is 11.4 Å². The van der Waals surface area contributed by atoms with E-state index in [-0.39, 0.29) is 0 Å². The van der Waals surface area contributed by atoms with E-state index >= 15 is 0 Å². The standard InChI is InChI=1S/C22H24N6O2/c1-4-30-22(29)19-12-25-28-15-18(11-24-21(19)28)20-23-8-9-27(20)14-17-7-5-6-16(10-17)13-26(2)3/h5-12,15H,4,13-14H2,1-3H3. The Kier molecular flexibility index (Phi) is 5.58. The van der Waals surface area contributed by atoms with Crippen LogP contribution in [0.3, 0.4) is 0 Å². The minimum absolute atomic E-state index is 0.307. The van der Waals surface area contributed by atoms with Crippen LogP contribution in [-0.2, 0) is 17.8 Å². The molecule has 0 spiro atoms. The van der Waals surface area contributed by atoms with E-state index in [4.69, 9.17) is 4.74 Å². The van der Waals surface area contributed by atoms with Gasteiger partial charge < -0.3 is 14.2 Å². The lowest BCUT2D eigenvalue weighted by atomic mass is 10.1. The Labute approximate surface area is 174 Å². The average molecular weight is 404 g/mol. The lowest BCUT2D eigenvalue weighted by Crippen LogP contribution is -2.11. The number of benzene rings is 1. The number of hydrogen-bond acceptors (Lipinski definition) is 6. The SMILES string of the molecule is CCOC(=O)c1cnn2cc(-c3nccn3Cc3cccc(CN(C)C)c3)cnc12. The maximum atomic E-state index is 12.0. The van der Waals surface area contributed by atoms with Crippen LogP contribution in [-0.4, -0.2) is 55.7 Å². The van der Waals surface area contributed by atoms with Crippen molar-refractivity contribution in [1.82, 2.24) is 29.0 Å². The molecule has 154 valence electrons. The lowest BCUT2D eigenvalue weighted by Gasteiger charge is -2.12. The summed E-state index contributed by atoms with van der Waals surface area (Å²) in [6.07, 6.45) is 8.74. The summed E-state index contributed by atoms with van der Waals surface area (Å²) in [5, 5.41) is 4.26. The smallest absolute Gasteiger partial charge is 0.343 e. The van der Waals surface area contributed by atoms with Crippen molar-refractivity contribution < 1.29 is 9.53 Å². The van der Waals surface area contributed by atoms with Crippen LogP contribution in [0.15, 0.2) is 55.2 Å². The zero-order valence-corrected chi connectivity index (χ0v) is 17.3. The van der Waals surface area contributed by atoms with Crippen molar-refractivity contribution >= 4 is 11.6 Å². The van der Waals surface area contributed by atoms with Gasteiger partial charge in [-0.3, -0.25) is 0 Å². The van der Waals surface area contributed by atoms with E-state index in [0.717, 1.165) is 17.9 Å². The van der Waals surface area contributed by atoms with Gasteiger partial charge in [0.2, 0.25) is 0 Å². The predicted octanol–water partition coefficient (Wildman–Crippen LogP) is 2.88. The Morgan fingerprint density at radius 2 is 2.00 bits per heavy atom. The van der Waals surface area contributed by atoms with Gasteiger partial charge in [0.25, 0.3) is 0 Å². The zero-order valence-electron chi connectivity index (χ0n) is 17.3. The molecule has 1 aromatic carbocycles. The Hall–Kier alpha value is -3.52. The van der Waals surface area contributed by atoms with Gasteiger partial charge in [0.15, 0.2) is 5.65 Å². The largest absolute Gasteiger partial charge is 0.462 e. The Balaban J connectivity index is 1.61. The molecule has 0 radical (unpaired) electrons. The fraction of sp³-hybridized carbons (Fsp3) is 0.273. The molecule has 0 saturated heterocycles. The van der Waals surface area contributed by atoms with E-state index in [0.29, 0.717) is 24.4 Å². The van der Waals surface area contributed by atoms with Gasteiger partial charge in [-0.15, -0.1) is 0 Å². The Morgan fingerprint density at radius 1 is 1.17 bits per heavy atom. The van der Waals surface area contributed by atoms with E-state index < -0.39 is 5.97 Å². The minimum Gasteiger partial charge on any atom is -0.462 e. The molecule has 0 aliphatic rings. The van der Waals surface area contributed by atoms with Gasteiger partial charge >= 0.3 is 5.97 Å². The quantitative estimate of drug-likeness (QED) is 0.441. The molecule has 8 heteroatoms. The first-order chi connectivity index (χ1) is 14.5. The zero-order chi connectivity index (χ0) is 21.1. The van der Waals surface area contributed by atoms with Crippen molar-refractivity contribution in [2.24, 2.45) is 0 Å². The highest BCUT2D eigenvalue weighted by Gasteiger charge is 2.16. The van der Waals surface area contributed by atoms with Gasteiger partial charge in [-0.1, -0.05) is 24.3 Å². The van der Waals surface area contributed by atoms with Crippen LogP contribution in [0.5, 0.6) is 0 Å². The average Bonchev–Trinajstić information content (AvgIpc) is 3.34. The normalized spacial score (nSPS) is 11.3. The summed E-state index contributed by atoms with van der Waals surface area (Å²) in [6.45, 7) is 3.67. The van der Waals surface area contributed by atoms with Crippen molar-refractivity contribution in [3.05, 3.63) is 71.9 Å². The number of hydrogen-bond donors (Lipinski definition) is 0. The van der Waals surface area contributed by atoms with Gasteiger partial charge in [0.1, 0.15) is 11.4 Å². The van der Waals surface area contributed by atoms with Gasteiger partial charge in [-0.05, 0) is 32.1 Å². The number of rotatable bonds is 7. The van der Waals surface area contributed by atoms with Crippen molar-refractivity contribution in [3.63, 3.8) is 0 Å². The lowest BCUT2D eigenvalue weighted by molar-refractivity contribution is 0.0528. The monoisotopic (exact) mass is 404 g/mol. The molecule has 8 nitrogen and oxygen atoms in total. The number of fused-ring (bicyclic) bond motifs is 1. The third-order valence-corrected chi connectivity index (χ3v) is 4.67. The molecular formula is C22H24N6O2. The van der Waals surface area contributed by atoms with Crippen LogP contribution < -0.4 is 0 Å². The summed E-state index contributed by atoms with van der Waals surface area (Å²) in [6, 6.07) is 8.54. The Morgan fingerprint density at radius 3 is 2.80 bits per heavy atom. The first kappa shape index (κ1) is 19.8. The van der Waals surface area contributed by atoms with Crippen molar-refractivity contribution in [1.29, 1.82) is 0 Å². The summed E-state index contributed by atoms with van der Waals surface area (Å²) in [5.41, 5.74) is 4.10. The molecule has 0 bridgehead atoms. The highest BCUT2D eigenvalue weighted by Crippen LogP contribution is 2.20. The fourth-order valence-corrected chi connectivity index (χ4v) is 3.43. The first-order valence-electron chi connectivity index (χ1n) is 9.79. The molecule has 3 aromatic heterocycles. The highest BCUT2D eigenvalue weighted by molar-refractivity contribution is 5.95. The summed E-state index contributed by atoms with van der Waals surface area (Å²) in [7, 11) is 4.12. The van der Waals surface area contributed by atoms with Crippen LogP contribution in [0.2, 0.25) is 0 Å². The van der Waals surface area contributed by atoms with Crippen LogP contribution in [0.4, 0.5) is 0 Å². The molecule has 0 aliphatic carbocycles. The minimum atomic E-state index is -0.424. The summed E-state index contributed by atoms with van der Waals surface area (Å²) >= 11 is 0. The molecule has 4 rings (SSSR count). The second-order valence-electron chi connectivity index (χ2n) is 7.33. The molecule has 0 unspecified atom stereocenters. The molecule has 30 heavy (non-hydrogen) atoms. The van der Waals surface area contributed by atoms with E-state index in [2.05, 4.69) is 62.9 Å². The molecule has 0 saturated carbocycles. The van der Waals surface area contributed by atoms with Gasteiger partial charge in [0.05, 0.1) is 18.4 Å². The number of nitrogens with zero attached hydrogens (tertiary/aromatic N) is 6. The predicted molar refractivity (Wildman–Crippen MR) is 113 cm³/mol. The first-order valence-corrected chi connectivity index (χ1v) is 9.79. The van der Waals surface area contributed by atoms with Gasteiger partial charge in [-0.2, -0.15) is 5.10 Å². The topological polar surface area (TPSA) is 77.5 Å².